The maximum Gasteiger partial charge on any atom is 0.360 e. The van der Waals surface area contributed by atoms with Gasteiger partial charge in [0.2, 0.25) is 5.69 Å². The van der Waals surface area contributed by atoms with Crippen LogP contribution in [-0.4, -0.2) is 28.0 Å². The number of aromatic nitrogens is 2. The predicted molar refractivity (Wildman–Crippen MR) is 62.2 cm³/mol. The normalized spacial score (nSPS) is 10.2. The van der Waals surface area contributed by atoms with Crippen LogP contribution in [0.5, 0.6) is 5.75 Å². The van der Waals surface area contributed by atoms with Crippen molar-refractivity contribution in [2.24, 2.45) is 7.05 Å². The second-order valence-corrected chi connectivity index (χ2v) is 3.53. The van der Waals surface area contributed by atoms with Crippen molar-refractivity contribution < 1.29 is 14.6 Å². The highest BCUT2D eigenvalue weighted by Crippen LogP contribution is 2.32. The summed E-state index contributed by atoms with van der Waals surface area (Å²) < 4.78 is 6.66. The Morgan fingerprint density at radius 1 is 1.35 bits per heavy atom. The molecule has 0 bridgehead atoms. The first-order valence-electron chi connectivity index (χ1n) is 5.05. The van der Waals surface area contributed by atoms with Gasteiger partial charge in [0.25, 0.3) is 0 Å². The fourth-order valence-corrected chi connectivity index (χ4v) is 1.75. The Bertz CT molecular complexity index is 546. The summed E-state index contributed by atoms with van der Waals surface area (Å²) in [7, 11) is 3.13. The lowest BCUT2D eigenvalue weighted by atomic mass is 10.1. The van der Waals surface area contributed by atoms with Crippen molar-refractivity contribution in [1.82, 2.24) is 9.78 Å². The zero-order valence-electron chi connectivity index (χ0n) is 9.54. The molecule has 2 rings (SSSR count). The zero-order chi connectivity index (χ0) is 12.4. The van der Waals surface area contributed by atoms with Crippen LogP contribution < -0.4 is 4.74 Å². The first kappa shape index (κ1) is 11.2. The summed E-state index contributed by atoms with van der Waals surface area (Å²) in [6.45, 7) is 0. The molecule has 0 saturated carbocycles. The maximum absolute atomic E-state index is 11.0. The summed E-state index contributed by atoms with van der Waals surface area (Å²) in [4.78, 5) is 11.0. The molecule has 0 aliphatic heterocycles. The van der Waals surface area contributed by atoms with Crippen LogP contribution in [0, 0.1) is 0 Å². The molecule has 0 atom stereocenters. The molecule has 1 aromatic heterocycles. The highest BCUT2D eigenvalue weighted by Gasteiger charge is 2.22. The van der Waals surface area contributed by atoms with Crippen LogP contribution in [0.4, 0.5) is 0 Å². The second-order valence-electron chi connectivity index (χ2n) is 3.53. The van der Waals surface area contributed by atoms with Crippen LogP contribution in [0.25, 0.3) is 11.3 Å². The van der Waals surface area contributed by atoms with Gasteiger partial charge in [-0.15, -0.1) is 0 Å². The zero-order valence-corrected chi connectivity index (χ0v) is 9.54. The average molecular weight is 232 g/mol. The van der Waals surface area contributed by atoms with Crippen LogP contribution in [0.2, 0.25) is 0 Å². The second kappa shape index (κ2) is 4.29. The van der Waals surface area contributed by atoms with E-state index in [0.717, 1.165) is 5.56 Å². The molecule has 2 aromatic rings. The summed E-state index contributed by atoms with van der Waals surface area (Å²) in [6, 6.07) is 9.41. The molecular formula is C12H12N2O3. The number of rotatable bonds is 3. The first-order chi connectivity index (χ1) is 8.15. The van der Waals surface area contributed by atoms with Crippen LogP contribution >= 0.6 is 0 Å². The van der Waals surface area contributed by atoms with E-state index in [0.29, 0.717) is 5.69 Å². The number of carboxylic acid groups (broad SMARTS) is 1. The summed E-state index contributed by atoms with van der Waals surface area (Å²) >= 11 is 0. The van der Waals surface area contributed by atoms with Gasteiger partial charge in [0.1, 0.15) is 5.69 Å². The molecule has 1 N–H and O–H groups in total. The van der Waals surface area contributed by atoms with Gasteiger partial charge in [0.15, 0.2) is 5.75 Å². The number of aromatic carboxylic acids is 1. The smallest absolute Gasteiger partial charge is 0.360 e. The molecule has 5 nitrogen and oxygen atoms in total. The molecule has 0 aliphatic rings. The summed E-state index contributed by atoms with van der Waals surface area (Å²) in [5.74, 6) is -0.814. The minimum Gasteiger partial charge on any atom is -0.492 e. The Labute approximate surface area is 98.3 Å². The highest BCUT2D eigenvalue weighted by atomic mass is 16.5. The first-order valence-corrected chi connectivity index (χ1v) is 5.05. The third kappa shape index (κ3) is 1.87. The van der Waals surface area contributed by atoms with Crippen molar-refractivity contribution in [3.63, 3.8) is 0 Å². The third-order valence-corrected chi connectivity index (χ3v) is 2.46. The monoisotopic (exact) mass is 232 g/mol. The molecule has 88 valence electrons. The number of aryl methyl sites for hydroxylation is 1. The van der Waals surface area contributed by atoms with E-state index in [9.17, 15) is 4.79 Å². The van der Waals surface area contributed by atoms with Crippen molar-refractivity contribution in [3.05, 3.63) is 36.0 Å². The average Bonchev–Trinajstić information content (AvgIpc) is 2.67. The SMILES string of the molecule is COc1c(C(=O)O)nn(C)c1-c1ccccc1. The number of hydrogen-bond donors (Lipinski definition) is 1. The van der Waals surface area contributed by atoms with E-state index in [1.807, 2.05) is 30.3 Å². The van der Waals surface area contributed by atoms with Crippen LogP contribution in [0.15, 0.2) is 30.3 Å². The van der Waals surface area contributed by atoms with Gasteiger partial charge >= 0.3 is 5.97 Å². The Morgan fingerprint density at radius 2 is 2.00 bits per heavy atom. The van der Waals surface area contributed by atoms with Crippen LogP contribution in [0.3, 0.4) is 0 Å². The molecule has 1 aromatic carbocycles. The molecule has 0 amide bonds. The van der Waals surface area contributed by atoms with E-state index < -0.39 is 5.97 Å². The lowest BCUT2D eigenvalue weighted by Gasteiger charge is -2.04. The van der Waals surface area contributed by atoms with Gasteiger partial charge in [-0.05, 0) is 0 Å². The number of carbonyl (C=O) groups is 1. The maximum atomic E-state index is 11.0. The minimum atomic E-state index is -1.10. The molecule has 0 unspecified atom stereocenters. The predicted octanol–water partition coefficient (Wildman–Crippen LogP) is 1.79. The molecule has 0 saturated heterocycles. The Hall–Kier alpha value is -2.30. The molecule has 0 aliphatic carbocycles. The van der Waals surface area contributed by atoms with Crippen LogP contribution in [-0.2, 0) is 7.05 Å². The van der Waals surface area contributed by atoms with E-state index in [4.69, 9.17) is 9.84 Å². The lowest BCUT2D eigenvalue weighted by Crippen LogP contribution is -2.00. The summed E-state index contributed by atoms with van der Waals surface area (Å²) in [5.41, 5.74) is 1.45. The van der Waals surface area contributed by atoms with Gasteiger partial charge in [0.05, 0.1) is 7.11 Å². The number of ether oxygens (including phenoxy) is 1. The molecule has 0 spiro atoms. The van der Waals surface area contributed by atoms with E-state index in [2.05, 4.69) is 5.10 Å². The van der Waals surface area contributed by atoms with E-state index in [1.54, 1.807) is 7.05 Å². The number of methoxy groups -OCH3 is 1. The molecular weight excluding hydrogens is 220 g/mol. The minimum absolute atomic E-state index is 0.0751. The van der Waals surface area contributed by atoms with Crippen molar-refractivity contribution in [2.45, 2.75) is 0 Å². The van der Waals surface area contributed by atoms with Gasteiger partial charge in [-0.25, -0.2) is 4.79 Å². The quantitative estimate of drug-likeness (QED) is 0.876. The van der Waals surface area contributed by atoms with Gasteiger partial charge in [-0.1, -0.05) is 30.3 Å². The Morgan fingerprint density at radius 3 is 2.53 bits per heavy atom. The molecule has 0 radical (unpaired) electrons. The molecule has 0 fully saturated rings. The van der Waals surface area contributed by atoms with E-state index in [-0.39, 0.29) is 11.4 Å². The van der Waals surface area contributed by atoms with Gasteiger partial charge in [0, 0.05) is 12.6 Å². The largest absolute Gasteiger partial charge is 0.492 e. The molecule has 17 heavy (non-hydrogen) atoms. The number of carboxylic acids is 1. The van der Waals surface area contributed by atoms with Crippen LogP contribution in [0.1, 0.15) is 10.5 Å². The third-order valence-electron chi connectivity index (χ3n) is 2.46. The van der Waals surface area contributed by atoms with Crippen molar-refractivity contribution in [1.29, 1.82) is 0 Å². The highest BCUT2D eigenvalue weighted by molar-refractivity contribution is 5.91. The van der Waals surface area contributed by atoms with Gasteiger partial charge in [-0.2, -0.15) is 5.10 Å². The summed E-state index contributed by atoms with van der Waals surface area (Å²) in [6.07, 6.45) is 0. The fourth-order valence-electron chi connectivity index (χ4n) is 1.75. The van der Waals surface area contributed by atoms with Gasteiger partial charge < -0.3 is 9.84 Å². The van der Waals surface area contributed by atoms with E-state index >= 15 is 0 Å². The molecule has 5 heteroatoms. The topological polar surface area (TPSA) is 64.3 Å². The summed E-state index contributed by atoms with van der Waals surface area (Å²) in [5, 5.41) is 13.0. The lowest BCUT2D eigenvalue weighted by molar-refractivity contribution is 0.0686. The number of hydrogen-bond acceptors (Lipinski definition) is 3. The van der Waals surface area contributed by atoms with Crippen molar-refractivity contribution in [2.75, 3.05) is 7.11 Å². The fraction of sp³-hybridized carbons (Fsp3) is 0.167. The standard InChI is InChI=1S/C12H12N2O3/c1-14-10(8-6-4-3-5-7-8)11(17-2)9(13-14)12(15)16/h3-7H,1-2H3,(H,15,16). The Kier molecular flexibility index (Phi) is 2.82. The van der Waals surface area contributed by atoms with Crippen molar-refractivity contribution >= 4 is 5.97 Å². The van der Waals surface area contributed by atoms with E-state index in [1.165, 1.54) is 11.8 Å². The number of benzene rings is 1. The molecule has 1 heterocycles. The Balaban J connectivity index is 2.66. The number of nitrogens with zero attached hydrogens (tertiary/aromatic N) is 2. The van der Waals surface area contributed by atoms with Gasteiger partial charge in [-0.3, -0.25) is 4.68 Å². The van der Waals surface area contributed by atoms with Crippen molar-refractivity contribution in [3.8, 4) is 17.0 Å².